The summed E-state index contributed by atoms with van der Waals surface area (Å²) in [7, 11) is 0. The van der Waals surface area contributed by atoms with Gasteiger partial charge in [-0.15, -0.1) is 0 Å². The summed E-state index contributed by atoms with van der Waals surface area (Å²) in [6.07, 6.45) is 4.81. The average molecular weight is 242 g/mol. The Labute approximate surface area is 104 Å². The van der Waals surface area contributed by atoms with Crippen LogP contribution in [0.1, 0.15) is 46.0 Å². The molecule has 100 valence electrons. The van der Waals surface area contributed by atoms with Gasteiger partial charge in [-0.05, 0) is 24.7 Å². The van der Waals surface area contributed by atoms with E-state index >= 15 is 0 Å². The Morgan fingerprint density at radius 2 is 2.06 bits per heavy atom. The number of hydrogen-bond acceptors (Lipinski definition) is 3. The van der Waals surface area contributed by atoms with Gasteiger partial charge in [0.15, 0.2) is 0 Å². The molecule has 1 fully saturated rings. The summed E-state index contributed by atoms with van der Waals surface area (Å²) in [4.78, 5) is 12.0. The van der Waals surface area contributed by atoms with Crippen LogP contribution in [0.25, 0.3) is 0 Å². The molecule has 2 atom stereocenters. The van der Waals surface area contributed by atoms with E-state index in [1.165, 1.54) is 0 Å². The van der Waals surface area contributed by atoms with Crippen molar-refractivity contribution in [3.05, 3.63) is 0 Å². The SMILES string of the molecule is CC(C)(CCO)CNC(=O)C1CCCCC1N. The van der Waals surface area contributed by atoms with E-state index in [2.05, 4.69) is 5.32 Å². The number of hydrogen-bond donors (Lipinski definition) is 3. The Morgan fingerprint density at radius 3 is 2.65 bits per heavy atom. The Morgan fingerprint density at radius 1 is 1.41 bits per heavy atom. The van der Waals surface area contributed by atoms with Gasteiger partial charge in [0.05, 0.1) is 5.92 Å². The molecule has 1 aliphatic rings. The molecule has 0 aliphatic heterocycles. The molecule has 4 N–H and O–H groups in total. The minimum absolute atomic E-state index is 0.0182. The quantitative estimate of drug-likeness (QED) is 0.674. The summed E-state index contributed by atoms with van der Waals surface area (Å²) in [5.41, 5.74) is 5.92. The second-order valence-electron chi connectivity index (χ2n) is 5.91. The molecule has 4 heteroatoms. The van der Waals surface area contributed by atoms with E-state index in [1.54, 1.807) is 0 Å². The summed E-state index contributed by atoms with van der Waals surface area (Å²) in [5.74, 6) is 0.0666. The molecule has 0 bridgehead atoms. The lowest BCUT2D eigenvalue weighted by molar-refractivity contribution is -0.126. The fourth-order valence-electron chi connectivity index (χ4n) is 2.33. The highest BCUT2D eigenvalue weighted by Crippen LogP contribution is 2.24. The number of nitrogens with two attached hydrogens (primary N) is 1. The first-order valence-corrected chi connectivity index (χ1v) is 6.60. The van der Waals surface area contributed by atoms with Crippen molar-refractivity contribution < 1.29 is 9.90 Å². The number of rotatable bonds is 5. The Hall–Kier alpha value is -0.610. The predicted octanol–water partition coefficient (Wildman–Crippen LogP) is 1.03. The summed E-state index contributed by atoms with van der Waals surface area (Å²) in [5, 5.41) is 11.9. The van der Waals surface area contributed by atoms with E-state index in [-0.39, 0.29) is 29.9 Å². The van der Waals surface area contributed by atoms with Gasteiger partial charge in [0.1, 0.15) is 0 Å². The van der Waals surface area contributed by atoms with Crippen molar-refractivity contribution in [3.8, 4) is 0 Å². The summed E-state index contributed by atoms with van der Waals surface area (Å²) >= 11 is 0. The largest absolute Gasteiger partial charge is 0.396 e. The highest BCUT2D eigenvalue weighted by molar-refractivity contribution is 5.79. The topological polar surface area (TPSA) is 75.3 Å². The monoisotopic (exact) mass is 242 g/mol. The Kier molecular flexibility index (Phi) is 5.40. The van der Waals surface area contributed by atoms with Gasteiger partial charge in [-0.3, -0.25) is 4.79 Å². The lowest BCUT2D eigenvalue weighted by Crippen LogP contribution is -2.46. The van der Waals surface area contributed by atoms with Crippen LogP contribution in [-0.4, -0.2) is 30.2 Å². The van der Waals surface area contributed by atoms with Crippen LogP contribution in [0.15, 0.2) is 0 Å². The van der Waals surface area contributed by atoms with Crippen molar-refractivity contribution in [2.75, 3.05) is 13.2 Å². The standard InChI is InChI=1S/C13H26N2O2/c1-13(2,7-8-16)9-15-12(17)10-5-3-4-6-11(10)14/h10-11,16H,3-9,14H2,1-2H3,(H,15,17). The molecule has 1 amide bonds. The van der Waals surface area contributed by atoms with E-state index < -0.39 is 0 Å². The Balaban J connectivity index is 2.38. The molecule has 1 saturated carbocycles. The number of carbonyl (C=O) groups is 1. The molecule has 0 heterocycles. The molecule has 0 aromatic rings. The third-order valence-corrected chi connectivity index (χ3v) is 3.69. The van der Waals surface area contributed by atoms with Gasteiger partial charge in [0, 0.05) is 19.2 Å². The van der Waals surface area contributed by atoms with Crippen molar-refractivity contribution in [2.45, 2.75) is 52.0 Å². The lowest BCUT2D eigenvalue weighted by atomic mass is 9.84. The molecule has 4 nitrogen and oxygen atoms in total. The van der Waals surface area contributed by atoms with E-state index in [0.717, 1.165) is 25.7 Å². The van der Waals surface area contributed by atoms with Crippen LogP contribution < -0.4 is 11.1 Å². The first-order chi connectivity index (χ1) is 7.96. The maximum Gasteiger partial charge on any atom is 0.224 e. The molecular weight excluding hydrogens is 216 g/mol. The van der Waals surface area contributed by atoms with E-state index in [9.17, 15) is 4.79 Å². The number of carbonyl (C=O) groups excluding carboxylic acids is 1. The van der Waals surface area contributed by atoms with Gasteiger partial charge in [-0.25, -0.2) is 0 Å². The summed E-state index contributed by atoms with van der Waals surface area (Å²) in [6, 6.07) is 0.0182. The summed E-state index contributed by atoms with van der Waals surface area (Å²) in [6.45, 7) is 4.86. The number of aliphatic hydroxyl groups excluding tert-OH is 1. The smallest absolute Gasteiger partial charge is 0.224 e. The Bertz CT molecular complexity index is 254. The van der Waals surface area contributed by atoms with Crippen molar-refractivity contribution in [1.82, 2.24) is 5.32 Å². The van der Waals surface area contributed by atoms with Crippen LogP contribution in [0.2, 0.25) is 0 Å². The van der Waals surface area contributed by atoms with E-state index in [0.29, 0.717) is 13.0 Å². The second-order valence-corrected chi connectivity index (χ2v) is 5.91. The van der Waals surface area contributed by atoms with E-state index in [4.69, 9.17) is 10.8 Å². The molecule has 17 heavy (non-hydrogen) atoms. The van der Waals surface area contributed by atoms with Crippen LogP contribution >= 0.6 is 0 Å². The molecule has 0 radical (unpaired) electrons. The number of aliphatic hydroxyl groups is 1. The number of amides is 1. The molecule has 0 aromatic heterocycles. The van der Waals surface area contributed by atoms with Gasteiger partial charge in [0.2, 0.25) is 5.91 Å². The predicted molar refractivity (Wildman–Crippen MR) is 68.4 cm³/mol. The van der Waals surface area contributed by atoms with Gasteiger partial charge in [0.25, 0.3) is 0 Å². The zero-order valence-corrected chi connectivity index (χ0v) is 11.0. The first kappa shape index (κ1) is 14.5. The zero-order chi connectivity index (χ0) is 12.9. The van der Waals surface area contributed by atoms with Crippen molar-refractivity contribution in [1.29, 1.82) is 0 Å². The minimum Gasteiger partial charge on any atom is -0.396 e. The average Bonchev–Trinajstić information content (AvgIpc) is 2.27. The third-order valence-electron chi connectivity index (χ3n) is 3.69. The van der Waals surface area contributed by atoms with Gasteiger partial charge in [-0.2, -0.15) is 0 Å². The van der Waals surface area contributed by atoms with Crippen LogP contribution in [0.5, 0.6) is 0 Å². The normalized spacial score (nSPS) is 25.6. The fourth-order valence-corrected chi connectivity index (χ4v) is 2.33. The molecule has 1 rings (SSSR count). The van der Waals surface area contributed by atoms with Crippen LogP contribution in [0.4, 0.5) is 0 Å². The zero-order valence-electron chi connectivity index (χ0n) is 11.0. The van der Waals surface area contributed by atoms with Gasteiger partial charge in [-0.1, -0.05) is 26.7 Å². The molecule has 0 aromatic carbocycles. The molecule has 0 spiro atoms. The fraction of sp³-hybridized carbons (Fsp3) is 0.923. The minimum atomic E-state index is -0.0524. The molecule has 1 aliphatic carbocycles. The van der Waals surface area contributed by atoms with Crippen molar-refractivity contribution in [2.24, 2.45) is 17.1 Å². The maximum absolute atomic E-state index is 12.0. The van der Waals surface area contributed by atoms with Crippen molar-refractivity contribution >= 4 is 5.91 Å². The van der Waals surface area contributed by atoms with Crippen LogP contribution in [0.3, 0.4) is 0 Å². The van der Waals surface area contributed by atoms with Gasteiger partial charge < -0.3 is 16.2 Å². The highest BCUT2D eigenvalue weighted by atomic mass is 16.3. The maximum atomic E-state index is 12.0. The molecule has 0 saturated heterocycles. The second kappa shape index (κ2) is 6.36. The molecular formula is C13H26N2O2. The van der Waals surface area contributed by atoms with E-state index in [1.807, 2.05) is 13.8 Å². The lowest BCUT2D eigenvalue weighted by Gasteiger charge is -2.30. The van der Waals surface area contributed by atoms with Crippen LogP contribution in [0, 0.1) is 11.3 Å². The number of nitrogens with one attached hydrogen (secondary N) is 1. The third kappa shape index (κ3) is 4.64. The summed E-state index contributed by atoms with van der Waals surface area (Å²) < 4.78 is 0. The van der Waals surface area contributed by atoms with Gasteiger partial charge >= 0.3 is 0 Å². The highest BCUT2D eigenvalue weighted by Gasteiger charge is 2.29. The molecule has 2 unspecified atom stereocenters. The van der Waals surface area contributed by atoms with Crippen molar-refractivity contribution in [3.63, 3.8) is 0 Å². The first-order valence-electron chi connectivity index (χ1n) is 6.60. The van der Waals surface area contributed by atoms with Crippen LogP contribution in [-0.2, 0) is 4.79 Å².